The van der Waals surface area contributed by atoms with E-state index in [-0.39, 0.29) is 24.0 Å². The van der Waals surface area contributed by atoms with E-state index in [0.717, 1.165) is 50.7 Å². The average Bonchev–Trinajstić information content (AvgIpc) is 2.91. The summed E-state index contributed by atoms with van der Waals surface area (Å²) >= 11 is 0. The summed E-state index contributed by atoms with van der Waals surface area (Å²) in [5.41, 5.74) is 2.49. The molecule has 0 heterocycles. The van der Waals surface area contributed by atoms with Gasteiger partial charge in [0.05, 0.1) is 6.10 Å². The Hall–Kier alpha value is -1.86. The summed E-state index contributed by atoms with van der Waals surface area (Å²) in [7, 11) is 0. The van der Waals surface area contributed by atoms with Gasteiger partial charge in [-0.3, -0.25) is 4.79 Å². The molecule has 0 bridgehead atoms. The van der Waals surface area contributed by atoms with Gasteiger partial charge in [-0.15, -0.1) is 0 Å². The minimum absolute atomic E-state index is 0.0223. The zero-order chi connectivity index (χ0) is 20.1. The van der Waals surface area contributed by atoms with Crippen LogP contribution in [0, 0.1) is 28.6 Å². The molecule has 1 N–H and O–H groups in total. The van der Waals surface area contributed by atoms with Crippen LogP contribution in [-0.2, 0) is 17.6 Å². The second-order valence-corrected chi connectivity index (χ2v) is 8.95. The lowest BCUT2D eigenvalue weighted by atomic mass is 9.65. The summed E-state index contributed by atoms with van der Waals surface area (Å²) in [6.45, 7) is 4.48. The second-order valence-electron chi connectivity index (χ2n) is 8.95. The third kappa shape index (κ3) is 4.41. The SMILES string of the molecule is CCCCCC(=O)CC[C@H]1[C@H](O)C[C@]2(C)Cc3c(cccc3OCC#N)C[C@H]12. The van der Waals surface area contributed by atoms with Gasteiger partial charge in [-0.1, -0.05) is 38.8 Å². The molecule has 0 amide bonds. The van der Waals surface area contributed by atoms with Gasteiger partial charge in [-0.05, 0) is 66.5 Å². The first-order chi connectivity index (χ1) is 13.5. The number of fused-ring (bicyclic) bond motifs is 2. The van der Waals surface area contributed by atoms with Crippen LogP contribution in [-0.4, -0.2) is 23.6 Å². The minimum Gasteiger partial charge on any atom is -0.478 e. The Balaban J connectivity index is 1.70. The number of ether oxygens (including phenoxy) is 1. The van der Waals surface area contributed by atoms with Crippen LogP contribution in [0.1, 0.15) is 69.9 Å². The lowest BCUT2D eigenvalue weighted by Crippen LogP contribution is -2.34. The molecule has 0 saturated heterocycles. The summed E-state index contributed by atoms with van der Waals surface area (Å²) in [6, 6.07) is 8.12. The molecule has 0 aromatic heterocycles. The molecule has 4 nitrogen and oxygen atoms in total. The fourth-order valence-corrected chi connectivity index (χ4v) is 5.47. The van der Waals surface area contributed by atoms with Gasteiger partial charge in [0.1, 0.15) is 17.6 Å². The smallest absolute Gasteiger partial charge is 0.174 e. The van der Waals surface area contributed by atoms with E-state index < -0.39 is 0 Å². The number of hydrogen-bond donors (Lipinski definition) is 1. The van der Waals surface area contributed by atoms with Crippen molar-refractivity contribution in [3.63, 3.8) is 0 Å². The van der Waals surface area contributed by atoms with Crippen molar-refractivity contribution in [1.82, 2.24) is 0 Å². The lowest BCUT2D eigenvalue weighted by molar-refractivity contribution is -0.119. The molecule has 1 fully saturated rings. The zero-order valence-corrected chi connectivity index (χ0v) is 17.2. The van der Waals surface area contributed by atoms with Gasteiger partial charge in [0.2, 0.25) is 0 Å². The van der Waals surface area contributed by atoms with Gasteiger partial charge in [0.15, 0.2) is 6.61 Å². The number of aliphatic hydroxyl groups excluding tert-OH is 1. The van der Waals surface area contributed by atoms with E-state index in [0.29, 0.717) is 24.5 Å². The molecule has 1 aromatic rings. The third-order valence-electron chi connectivity index (χ3n) is 6.94. The summed E-state index contributed by atoms with van der Waals surface area (Å²) < 4.78 is 5.66. The summed E-state index contributed by atoms with van der Waals surface area (Å²) in [5.74, 6) is 1.74. The highest BCUT2D eigenvalue weighted by Crippen LogP contribution is 2.55. The Morgan fingerprint density at radius 1 is 1.36 bits per heavy atom. The van der Waals surface area contributed by atoms with E-state index in [1.54, 1.807) is 0 Å². The van der Waals surface area contributed by atoms with E-state index in [4.69, 9.17) is 10.00 Å². The fraction of sp³-hybridized carbons (Fsp3) is 0.667. The van der Waals surface area contributed by atoms with Crippen LogP contribution < -0.4 is 4.74 Å². The number of ketones is 1. The van der Waals surface area contributed by atoms with Crippen LogP contribution >= 0.6 is 0 Å². The number of rotatable bonds is 9. The monoisotopic (exact) mass is 383 g/mol. The van der Waals surface area contributed by atoms with Crippen LogP contribution in [0.3, 0.4) is 0 Å². The molecule has 0 aliphatic heterocycles. The average molecular weight is 384 g/mol. The molecule has 0 spiro atoms. The highest BCUT2D eigenvalue weighted by atomic mass is 16.5. The molecular weight excluding hydrogens is 350 g/mol. The molecular formula is C24H33NO3. The highest BCUT2D eigenvalue weighted by molar-refractivity contribution is 5.78. The number of nitriles is 1. The van der Waals surface area contributed by atoms with E-state index >= 15 is 0 Å². The Bertz CT molecular complexity index is 738. The number of unbranched alkanes of at least 4 members (excludes halogenated alkanes) is 2. The number of hydrogen-bond acceptors (Lipinski definition) is 4. The molecule has 152 valence electrons. The van der Waals surface area contributed by atoms with Crippen LogP contribution in [0.5, 0.6) is 5.75 Å². The third-order valence-corrected chi connectivity index (χ3v) is 6.94. The molecule has 1 saturated carbocycles. The Kier molecular flexibility index (Phi) is 6.78. The first-order valence-electron chi connectivity index (χ1n) is 10.8. The molecule has 1 aromatic carbocycles. The molecule has 3 rings (SSSR count). The van der Waals surface area contributed by atoms with Crippen molar-refractivity contribution in [2.24, 2.45) is 17.3 Å². The van der Waals surface area contributed by atoms with Crippen molar-refractivity contribution < 1.29 is 14.6 Å². The Morgan fingerprint density at radius 2 is 2.18 bits per heavy atom. The number of carbonyl (C=O) groups excluding carboxylic acids is 1. The van der Waals surface area contributed by atoms with Gasteiger partial charge in [-0.2, -0.15) is 5.26 Å². The number of benzene rings is 1. The molecule has 4 atom stereocenters. The Labute approximate surface area is 168 Å². The van der Waals surface area contributed by atoms with Crippen LogP contribution in [0.15, 0.2) is 18.2 Å². The van der Waals surface area contributed by atoms with E-state index in [2.05, 4.69) is 19.9 Å². The molecule has 28 heavy (non-hydrogen) atoms. The summed E-state index contributed by atoms with van der Waals surface area (Å²) in [4.78, 5) is 12.2. The maximum atomic E-state index is 12.2. The van der Waals surface area contributed by atoms with Gasteiger partial charge in [0, 0.05) is 12.8 Å². The highest BCUT2D eigenvalue weighted by Gasteiger charge is 2.52. The lowest BCUT2D eigenvalue weighted by Gasteiger charge is -2.40. The minimum atomic E-state index is -0.337. The predicted molar refractivity (Wildman–Crippen MR) is 109 cm³/mol. The molecule has 0 unspecified atom stereocenters. The summed E-state index contributed by atoms with van der Waals surface area (Å²) in [6.07, 6.45) is 7.54. The zero-order valence-electron chi connectivity index (χ0n) is 17.2. The predicted octanol–water partition coefficient (Wildman–Crippen LogP) is 4.62. The van der Waals surface area contributed by atoms with E-state index in [1.807, 2.05) is 18.2 Å². The number of Topliss-reactive ketones (excluding diaryl/α,β-unsaturated/α-hetero) is 1. The van der Waals surface area contributed by atoms with E-state index in [1.165, 1.54) is 11.1 Å². The normalized spacial score (nSPS) is 28.3. The van der Waals surface area contributed by atoms with Crippen LogP contribution in [0.4, 0.5) is 0 Å². The molecule has 2 aliphatic rings. The second kappa shape index (κ2) is 9.09. The quantitative estimate of drug-likeness (QED) is 0.632. The molecule has 0 radical (unpaired) electrons. The van der Waals surface area contributed by atoms with Crippen molar-refractivity contribution in [3.8, 4) is 11.8 Å². The van der Waals surface area contributed by atoms with Gasteiger partial charge in [0.25, 0.3) is 0 Å². The first kappa shape index (κ1) is 20.9. The fourth-order valence-electron chi connectivity index (χ4n) is 5.47. The van der Waals surface area contributed by atoms with Crippen LogP contribution in [0.25, 0.3) is 0 Å². The van der Waals surface area contributed by atoms with Gasteiger partial charge >= 0.3 is 0 Å². The van der Waals surface area contributed by atoms with Gasteiger partial charge in [-0.25, -0.2) is 0 Å². The molecule has 4 heteroatoms. The topological polar surface area (TPSA) is 70.3 Å². The van der Waals surface area contributed by atoms with Gasteiger partial charge < -0.3 is 9.84 Å². The van der Waals surface area contributed by atoms with E-state index in [9.17, 15) is 9.90 Å². The number of nitrogens with zero attached hydrogens (tertiary/aromatic N) is 1. The maximum Gasteiger partial charge on any atom is 0.174 e. The number of aliphatic hydroxyl groups is 1. The standard InChI is InChI=1S/C24H33NO3/c1-3-4-5-8-18(26)10-11-19-21-14-17-7-6-9-23(28-13-12-25)20(17)15-24(21,2)16-22(19)27/h6-7,9,19,21-22,27H,3-5,8,10-11,13-16H2,1-2H3/t19-,21-,22-,24+/m1/s1. The van der Waals surface area contributed by atoms with Crippen molar-refractivity contribution in [2.75, 3.05) is 6.61 Å². The molecule has 2 aliphatic carbocycles. The van der Waals surface area contributed by atoms with Crippen molar-refractivity contribution in [1.29, 1.82) is 5.26 Å². The Morgan fingerprint density at radius 3 is 2.93 bits per heavy atom. The first-order valence-corrected chi connectivity index (χ1v) is 10.8. The van der Waals surface area contributed by atoms with Crippen molar-refractivity contribution in [3.05, 3.63) is 29.3 Å². The summed E-state index contributed by atoms with van der Waals surface area (Å²) in [5, 5.41) is 19.7. The maximum absolute atomic E-state index is 12.2. The van der Waals surface area contributed by atoms with Crippen molar-refractivity contribution in [2.45, 2.75) is 77.7 Å². The van der Waals surface area contributed by atoms with Crippen LogP contribution in [0.2, 0.25) is 0 Å². The van der Waals surface area contributed by atoms with Crippen molar-refractivity contribution >= 4 is 5.78 Å². The number of carbonyl (C=O) groups is 1. The largest absolute Gasteiger partial charge is 0.478 e.